The number of halogens is 2. The molecular weight excluding hydrogens is 272 g/mol. The predicted molar refractivity (Wildman–Crippen MR) is 66.0 cm³/mol. The maximum Gasteiger partial charge on any atom is 0.586 e. The van der Waals surface area contributed by atoms with Gasteiger partial charge in [-0.2, -0.15) is 0 Å². The first-order valence-electron chi connectivity index (χ1n) is 6.27. The van der Waals surface area contributed by atoms with Gasteiger partial charge in [0.05, 0.1) is 19.3 Å². The number of hydrogen-bond acceptors (Lipinski definition) is 5. The summed E-state index contributed by atoms with van der Waals surface area (Å²) < 4.78 is 45.6. The predicted octanol–water partition coefficient (Wildman–Crippen LogP) is 2.57. The molecule has 1 saturated heterocycles. The Labute approximate surface area is 114 Å². The zero-order chi connectivity index (χ0) is 14.4. The Morgan fingerprint density at radius 3 is 2.45 bits per heavy atom. The fourth-order valence-electron chi connectivity index (χ4n) is 2.05. The van der Waals surface area contributed by atoms with E-state index < -0.39 is 12.1 Å². The van der Waals surface area contributed by atoms with Crippen LogP contribution in [0.1, 0.15) is 13.8 Å². The van der Waals surface area contributed by atoms with Crippen molar-refractivity contribution >= 4 is 5.69 Å². The summed E-state index contributed by atoms with van der Waals surface area (Å²) in [5, 5.41) is 3.15. The highest BCUT2D eigenvalue weighted by Gasteiger charge is 2.43. The van der Waals surface area contributed by atoms with Crippen molar-refractivity contribution in [3.63, 3.8) is 0 Å². The summed E-state index contributed by atoms with van der Waals surface area (Å²) in [5.74, 6) is -0.550. The van der Waals surface area contributed by atoms with Gasteiger partial charge < -0.3 is 24.3 Å². The number of hydrogen-bond donors (Lipinski definition) is 1. The normalized spacial score (nSPS) is 23.6. The van der Waals surface area contributed by atoms with Crippen LogP contribution in [0.2, 0.25) is 0 Å². The van der Waals surface area contributed by atoms with Crippen LogP contribution in [-0.2, 0) is 9.47 Å². The highest BCUT2D eigenvalue weighted by Crippen LogP contribution is 2.42. The lowest BCUT2D eigenvalue weighted by Gasteiger charge is -2.35. The van der Waals surface area contributed by atoms with Gasteiger partial charge in [-0.3, -0.25) is 0 Å². The van der Waals surface area contributed by atoms with Crippen LogP contribution >= 0.6 is 0 Å². The Bertz CT molecular complexity index is 511. The van der Waals surface area contributed by atoms with Crippen molar-refractivity contribution in [2.24, 2.45) is 0 Å². The van der Waals surface area contributed by atoms with E-state index in [0.29, 0.717) is 18.9 Å². The van der Waals surface area contributed by atoms with Gasteiger partial charge in [-0.1, -0.05) is 0 Å². The monoisotopic (exact) mass is 287 g/mol. The highest BCUT2D eigenvalue weighted by molar-refractivity contribution is 5.56. The molecule has 3 rings (SSSR count). The van der Waals surface area contributed by atoms with E-state index >= 15 is 0 Å². The van der Waals surface area contributed by atoms with Gasteiger partial charge in [0, 0.05) is 11.8 Å². The number of nitrogens with one attached hydrogen (secondary N) is 1. The Kier molecular flexibility index (Phi) is 2.98. The molecule has 1 fully saturated rings. The SMILES string of the molecule is CC1(C)OCC(Nc2ccc3c(c2)OC(F)(F)O3)CO1. The van der Waals surface area contributed by atoms with Crippen molar-refractivity contribution in [3.05, 3.63) is 18.2 Å². The number of fused-ring (bicyclic) bond motifs is 1. The van der Waals surface area contributed by atoms with Crippen molar-refractivity contribution in [1.29, 1.82) is 0 Å². The van der Waals surface area contributed by atoms with Crippen LogP contribution in [-0.4, -0.2) is 31.3 Å². The van der Waals surface area contributed by atoms with Gasteiger partial charge >= 0.3 is 6.29 Å². The van der Waals surface area contributed by atoms with Crippen LogP contribution in [0.5, 0.6) is 11.5 Å². The summed E-state index contributed by atoms with van der Waals surface area (Å²) in [6, 6.07) is 4.50. The van der Waals surface area contributed by atoms with Crippen LogP contribution < -0.4 is 14.8 Å². The van der Waals surface area contributed by atoms with Crippen LogP contribution in [0.15, 0.2) is 18.2 Å². The standard InChI is InChI=1S/C13H15F2NO4/c1-12(2)17-6-9(7-18-12)16-8-3-4-10-11(5-8)20-13(14,15)19-10/h3-5,9,16H,6-7H2,1-2H3. The second-order valence-corrected chi connectivity index (χ2v) is 5.19. The molecule has 1 N–H and O–H groups in total. The first-order valence-corrected chi connectivity index (χ1v) is 6.27. The lowest BCUT2D eigenvalue weighted by molar-refractivity contribution is -0.286. The van der Waals surface area contributed by atoms with E-state index in [0.717, 1.165) is 0 Å². The van der Waals surface area contributed by atoms with Crippen LogP contribution in [0.3, 0.4) is 0 Å². The van der Waals surface area contributed by atoms with Crippen LogP contribution in [0, 0.1) is 0 Å². The van der Waals surface area contributed by atoms with Gasteiger partial charge in [0.25, 0.3) is 0 Å². The van der Waals surface area contributed by atoms with Gasteiger partial charge in [0.15, 0.2) is 17.3 Å². The fourth-order valence-corrected chi connectivity index (χ4v) is 2.05. The summed E-state index contributed by atoms with van der Waals surface area (Å²) in [7, 11) is 0. The first-order chi connectivity index (χ1) is 9.33. The molecule has 0 radical (unpaired) electrons. The maximum atomic E-state index is 12.9. The Balaban J connectivity index is 1.65. The molecule has 0 bridgehead atoms. The number of rotatable bonds is 2. The Hall–Kier alpha value is -1.60. The molecule has 110 valence electrons. The molecule has 1 aromatic carbocycles. The third kappa shape index (κ3) is 2.78. The van der Waals surface area contributed by atoms with Gasteiger partial charge in [-0.05, 0) is 26.0 Å². The van der Waals surface area contributed by atoms with E-state index in [4.69, 9.17) is 9.47 Å². The first kappa shape index (κ1) is 13.4. The topological polar surface area (TPSA) is 49.0 Å². The average molecular weight is 287 g/mol. The number of anilines is 1. The molecular formula is C13H15F2NO4. The van der Waals surface area contributed by atoms with Gasteiger partial charge in [-0.25, -0.2) is 0 Å². The molecule has 0 spiro atoms. The zero-order valence-electron chi connectivity index (χ0n) is 11.1. The van der Waals surface area contributed by atoms with E-state index in [1.165, 1.54) is 12.1 Å². The number of benzene rings is 1. The third-order valence-corrected chi connectivity index (χ3v) is 3.04. The smallest absolute Gasteiger partial charge is 0.395 e. The molecule has 5 nitrogen and oxygen atoms in total. The maximum absolute atomic E-state index is 12.9. The summed E-state index contributed by atoms with van der Waals surface area (Å²) in [4.78, 5) is 0. The minimum Gasteiger partial charge on any atom is -0.395 e. The minimum absolute atomic E-state index is 0.0120. The van der Waals surface area contributed by atoms with E-state index in [1.54, 1.807) is 6.07 Å². The van der Waals surface area contributed by atoms with E-state index in [1.807, 2.05) is 13.8 Å². The average Bonchev–Trinajstić information content (AvgIpc) is 2.65. The molecule has 0 amide bonds. The summed E-state index contributed by atoms with van der Waals surface area (Å²) >= 11 is 0. The van der Waals surface area contributed by atoms with Crippen LogP contribution in [0.4, 0.5) is 14.5 Å². The lowest BCUT2D eigenvalue weighted by atomic mass is 10.2. The quantitative estimate of drug-likeness (QED) is 0.906. The minimum atomic E-state index is -3.60. The van der Waals surface area contributed by atoms with Crippen molar-refractivity contribution in [3.8, 4) is 11.5 Å². The molecule has 0 unspecified atom stereocenters. The molecule has 2 heterocycles. The molecule has 2 aliphatic heterocycles. The molecule has 0 aliphatic carbocycles. The van der Waals surface area contributed by atoms with Gasteiger partial charge in [0.1, 0.15) is 0 Å². The molecule has 1 aromatic rings. The largest absolute Gasteiger partial charge is 0.586 e. The molecule has 0 atom stereocenters. The van der Waals surface area contributed by atoms with Gasteiger partial charge in [0.2, 0.25) is 0 Å². The molecule has 20 heavy (non-hydrogen) atoms. The van der Waals surface area contributed by atoms with Crippen molar-refractivity contribution < 1.29 is 27.7 Å². The van der Waals surface area contributed by atoms with Gasteiger partial charge in [-0.15, -0.1) is 8.78 Å². The second kappa shape index (κ2) is 4.46. The number of ether oxygens (including phenoxy) is 4. The fraction of sp³-hybridized carbons (Fsp3) is 0.538. The Morgan fingerprint density at radius 1 is 1.10 bits per heavy atom. The molecule has 0 aromatic heterocycles. The molecule has 0 saturated carbocycles. The number of alkyl halides is 2. The van der Waals surface area contributed by atoms with Crippen molar-refractivity contribution in [2.45, 2.75) is 32.0 Å². The lowest BCUT2D eigenvalue weighted by Crippen LogP contribution is -2.45. The summed E-state index contributed by atoms with van der Waals surface area (Å²) in [5.41, 5.74) is 0.641. The Morgan fingerprint density at radius 2 is 1.75 bits per heavy atom. The van der Waals surface area contributed by atoms with E-state index in [9.17, 15) is 8.78 Å². The summed E-state index contributed by atoms with van der Waals surface area (Å²) in [6.45, 7) is 4.62. The molecule has 7 heteroatoms. The van der Waals surface area contributed by atoms with Crippen molar-refractivity contribution in [2.75, 3.05) is 18.5 Å². The van der Waals surface area contributed by atoms with Crippen LogP contribution in [0.25, 0.3) is 0 Å². The van der Waals surface area contributed by atoms with E-state index in [-0.39, 0.29) is 17.5 Å². The van der Waals surface area contributed by atoms with Crippen molar-refractivity contribution in [1.82, 2.24) is 0 Å². The second-order valence-electron chi connectivity index (χ2n) is 5.19. The highest BCUT2D eigenvalue weighted by atomic mass is 19.3. The third-order valence-electron chi connectivity index (χ3n) is 3.04. The summed E-state index contributed by atoms with van der Waals surface area (Å²) in [6.07, 6.45) is -3.60. The zero-order valence-corrected chi connectivity index (χ0v) is 11.1. The van der Waals surface area contributed by atoms with E-state index in [2.05, 4.69) is 14.8 Å². The molecule has 2 aliphatic rings.